The lowest BCUT2D eigenvalue weighted by Crippen LogP contribution is -2.41. The molecule has 4 N–H and O–H groups in total. The lowest BCUT2D eigenvalue weighted by Gasteiger charge is -2.33. The molecule has 1 aliphatic carbocycles. The first kappa shape index (κ1) is 18.8. The zero-order chi connectivity index (χ0) is 16.8. The molecular weight excluding hydrogens is 280 g/mol. The van der Waals surface area contributed by atoms with E-state index in [0.29, 0.717) is 6.42 Å². The normalized spacial score (nSPS) is 20.6. The van der Waals surface area contributed by atoms with E-state index in [1.807, 2.05) is 20.8 Å². The standard InChI is InChI=1S/C17H32N2O3/c1-17(2,3)14(16(20)21)13(15(18)19-22)11-7-10-12-8-5-4-6-9-12/h12-14,22H,4-11H2,1-3H3,(H2,18,19)(H,20,21)/t13-,14?/m1/s1. The fraction of sp³-hybridized carbons (Fsp3) is 0.882. The molecule has 0 aromatic heterocycles. The van der Waals surface area contributed by atoms with E-state index in [9.17, 15) is 9.90 Å². The minimum Gasteiger partial charge on any atom is -0.481 e. The zero-order valence-electron chi connectivity index (χ0n) is 14.2. The van der Waals surface area contributed by atoms with Gasteiger partial charge >= 0.3 is 5.97 Å². The van der Waals surface area contributed by atoms with Crippen molar-refractivity contribution >= 4 is 11.8 Å². The molecule has 0 radical (unpaired) electrons. The summed E-state index contributed by atoms with van der Waals surface area (Å²) in [4.78, 5) is 11.7. The topological polar surface area (TPSA) is 95.9 Å². The molecule has 2 atom stereocenters. The van der Waals surface area contributed by atoms with Crippen LogP contribution >= 0.6 is 0 Å². The highest BCUT2D eigenvalue weighted by Crippen LogP contribution is 2.36. The van der Waals surface area contributed by atoms with Gasteiger partial charge in [0.1, 0.15) is 5.84 Å². The van der Waals surface area contributed by atoms with Crippen LogP contribution in [0.5, 0.6) is 0 Å². The maximum Gasteiger partial charge on any atom is 0.307 e. The summed E-state index contributed by atoms with van der Waals surface area (Å²) < 4.78 is 0. The molecule has 128 valence electrons. The molecule has 1 saturated carbocycles. The predicted molar refractivity (Wildman–Crippen MR) is 87.9 cm³/mol. The van der Waals surface area contributed by atoms with E-state index in [4.69, 9.17) is 10.9 Å². The molecule has 1 unspecified atom stereocenters. The largest absolute Gasteiger partial charge is 0.481 e. The van der Waals surface area contributed by atoms with E-state index < -0.39 is 23.2 Å². The highest BCUT2D eigenvalue weighted by atomic mass is 16.4. The van der Waals surface area contributed by atoms with Crippen LogP contribution in [0.15, 0.2) is 5.16 Å². The van der Waals surface area contributed by atoms with Crippen molar-refractivity contribution in [2.75, 3.05) is 0 Å². The van der Waals surface area contributed by atoms with Crippen molar-refractivity contribution in [3.05, 3.63) is 0 Å². The molecule has 1 fully saturated rings. The lowest BCUT2D eigenvalue weighted by molar-refractivity contribution is -0.147. The Morgan fingerprint density at radius 1 is 1.27 bits per heavy atom. The summed E-state index contributed by atoms with van der Waals surface area (Å²) in [5.41, 5.74) is 5.37. The number of aliphatic carboxylic acids is 1. The summed E-state index contributed by atoms with van der Waals surface area (Å²) in [6.45, 7) is 5.68. The number of amidine groups is 1. The van der Waals surface area contributed by atoms with Gasteiger partial charge in [-0.25, -0.2) is 0 Å². The number of carboxylic acids is 1. The highest BCUT2D eigenvalue weighted by molar-refractivity contribution is 5.87. The van der Waals surface area contributed by atoms with Gasteiger partial charge in [-0.3, -0.25) is 4.79 Å². The molecule has 22 heavy (non-hydrogen) atoms. The van der Waals surface area contributed by atoms with Gasteiger partial charge in [0.05, 0.1) is 5.92 Å². The van der Waals surface area contributed by atoms with Crippen molar-refractivity contribution < 1.29 is 15.1 Å². The van der Waals surface area contributed by atoms with Gasteiger partial charge in [0.25, 0.3) is 0 Å². The van der Waals surface area contributed by atoms with Gasteiger partial charge < -0.3 is 16.0 Å². The quantitative estimate of drug-likeness (QED) is 0.288. The number of rotatable bonds is 7. The van der Waals surface area contributed by atoms with E-state index in [-0.39, 0.29) is 5.84 Å². The second kappa shape index (κ2) is 8.39. The summed E-state index contributed by atoms with van der Waals surface area (Å²) in [5, 5.41) is 21.7. The maximum absolute atomic E-state index is 11.7. The number of hydrogen-bond donors (Lipinski definition) is 3. The predicted octanol–water partition coefficient (Wildman–Crippen LogP) is 3.85. The van der Waals surface area contributed by atoms with Crippen LogP contribution in [0.25, 0.3) is 0 Å². The third-order valence-electron chi connectivity index (χ3n) is 4.95. The summed E-state index contributed by atoms with van der Waals surface area (Å²) in [6.07, 6.45) is 9.26. The molecule has 0 aromatic rings. The third-order valence-corrected chi connectivity index (χ3v) is 4.95. The molecule has 5 heteroatoms. The molecule has 0 aromatic carbocycles. The summed E-state index contributed by atoms with van der Waals surface area (Å²) in [6, 6.07) is 0. The lowest BCUT2D eigenvalue weighted by atomic mass is 9.70. The number of hydrogen-bond acceptors (Lipinski definition) is 3. The van der Waals surface area contributed by atoms with Crippen LogP contribution in [-0.2, 0) is 4.79 Å². The molecular formula is C17H32N2O3. The number of carbonyl (C=O) groups is 1. The van der Waals surface area contributed by atoms with Crippen LogP contribution in [0.1, 0.15) is 72.1 Å². The van der Waals surface area contributed by atoms with Gasteiger partial charge in [-0.15, -0.1) is 0 Å². The first-order chi connectivity index (χ1) is 10.3. The molecule has 0 spiro atoms. The van der Waals surface area contributed by atoms with Gasteiger partial charge in [-0.2, -0.15) is 0 Å². The Morgan fingerprint density at radius 2 is 1.86 bits per heavy atom. The van der Waals surface area contributed by atoms with Crippen molar-refractivity contribution in [2.45, 2.75) is 72.1 Å². The van der Waals surface area contributed by atoms with E-state index >= 15 is 0 Å². The van der Waals surface area contributed by atoms with Gasteiger partial charge in [-0.05, 0) is 17.8 Å². The SMILES string of the molecule is CC(C)(C)C(C(=O)O)[C@@H](CCCC1CCCCC1)C(N)=NO. The number of nitrogens with two attached hydrogens (primary N) is 1. The van der Waals surface area contributed by atoms with E-state index in [1.165, 1.54) is 32.1 Å². The first-order valence-electron chi connectivity index (χ1n) is 8.47. The first-order valence-corrected chi connectivity index (χ1v) is 8.47. The monoisotopic (exact) mass is 312 g/mol. The van der Waals surface area contributed by atoms with E-state index in [1.54, 1.807) is 0 Å². The molecule has 1 aliphatic rings. The van der Waals surface area contributed by atoms with Crippen LogP contribution in [0, 0.1) is 23.2 Å². The minimum absolute atomic E-state index is 0.0472. The van der Waals surface area contributed by atoms with Gasteiger partial charge in [0, 0.05) is 5.92 Å². The molecule has 0 amide bonds. The van der Waals surface area contributed by atoms with Crippen LogP contribution in [0.2, 0.25) is 0 Å². The third kappa shape index (κ3) is 5.50. The van der Waals surface area contributed by atoms with Crippen molar-refractivity contribution in [3.8, 4) is 0 Å². The van der Waals surface area contributed by atoms with Gasteiger partial charge in [0.2, 0.25) is 0 Å². The Hall–Kier alpha value is -1.26. The summed E-state index contributed by atoms with van der Waals surface area (Å²) in [7, 11) is 0. The second-order valence-electron chi connectivity index (χ2n) is 7.75. The van der Waals surface area contributed by atoms with Crippen molar-refractivity contribution in [2.24, 2.45) is 34.1 Å². The second-order valence-corrected chi connectivity index (χ2v) is 7.75. The Morgan fingerprint density at radius 3 is 2.32 bits per heavy atom. The van der Waals surface area contributed by atoms with Crippen LogP contribution in [-0.4, -0.2) is 22.1 Å². The number of carboxylic acid groups (broad SMARTS) is 1. The maximum atomic E-state index is 11.7. The molecule has 0 aliphatic heterocycles. The van der Waals surface area contributed by atoms with Crippen LogP contribution < -0.4 is 5.73 Å². The average molecular weight is 312 g/mol. The van der Waals surface area contributed by atoms with Gasteiger partial charge in [-0.1, -0.05) is 70.9 Å². The molecule has 0 bridgehead atoms. The van der Waals surface area contributed by atoms with E-state index in [2.05, 4.69) is 5.16 Å². The average Bonchev–Trinajstić information content (AvgIpc) is 2.44. The number of oxime groups is 1. The zero-order valence-corrected chi connectivity index (χ0v) is 14.2. The summed E-state index contributed by atoms with van der Waals surface area (Å²) >= 11 is 0. The van der Waals surface area contributed by atoms with Crippen molar-refractivity contribution in [1.29, 1.82) is 0 Å². The fourth-order valence-corrected chi connectivity index (χ4v) is 3.81. The Labute approximate surface area is 134 Å². The van der Waals surface area contributed by atoms with E-state index in [0.717, 1.165) is 18.8 Å². The Balaban J connectivity index is 2.69. The van der Waals surface area contributed by atoms with Gasteiger partial charge in [0.15, 0.2) is 0 Å². The molecule has 0 saturated heterocycles. The molecule has 5 nitrogen and oxygen atoms in total. The Kier molecular flexibility index (Phi) is 7.17. The molecule has 1 rings (SSSR count). The summed E-state index contributed by atoms with van der Waals surface area (Å²) in [5.74, 6) is -1.12. The highest BCUT2D eigenvalue weighted by Gasteiger charge is 2.40. The Bertz CT molecular complexity index is 382. The van der Waals surface area contributed by atoms with Crippen molar-refractivity contribution in [1.82, 2.24) is 0 Å². The minimum atomic E-state index is -0.873. The smallest absolute Gasteiger partial charge is 0.307 e. The van der Waals surface area contributed by atoms with Crippen LogP contribution in [0.4, 0.5) is 0 Å². The van der Waals surface area contributed by atoms with Crippen molar-refractivity contribution in [3.63, 3.8) is 0 Å². The molecule has 0 heterocycles. The fourth-order valence-electron chi connectivity index (χ4n) is 3.81. The number of nitrogens with zero attached hydrogens (tertiary/aromatic N) is 1. The van der Waals surface area contributed by atoms with Crippen LogP contribution in [0.3, 0.4) is 0 Å².